The van der Waals surface area contributed by atoms with Crippen molar-refractivity contribution in [1.82, 2.24) is 10.2 Å². The van der Waals surface area contributed by atoms with Crippen LogP contribution < -0.4 is 20.1 Å². The van der Waals surface area contributed by atoms with Gasteiger partial charge in [-0.15, -0.1) is 0 Å². The lowest BCUT2D eigenvalue weighted by Gasteiger charge is -2.25. The van der Waals surface area contributed by atoms with E-state index in [0.29, 0.717) is 35.2 Å². The molecule has 0 aromatic heterocycles. The number of nitrogens with zero attached hydrogens (tertiary/aromatic N) is 1. The molecule has 2 aliphatic rings. The van der Waals surface area contributed by atoms with E-state index in [4.69, 9.17) is 9.47 Å². The average molecular weight is 417 g/mol. The first kappa shape index (κ1) is 19.6. The Morgan fingerprint density at radius 3 is 2.50 bits per heavy atom. The molecule has 0 aliphatic carbocycles. The van der Waals surface area contributed by atoms with E-state index in [1.165, 1.54) is 6.92 Å². The zero-order chi connectivity index (χ0) is 21.5. The van der Waals surface area contributed by atoms with Gasteiger partial charge in [-0.25, -0.2) is 13.6 Å². The summed E-state index contributed by atoms with van der Waals surface area (Å²) in [5.41, 5.74) is -1.66. The molecule has 0 unspecified atom stereocenters. The normalized spacial score (nSPS) is 20.2. The Kier molecular flexibility index (Phi) is 4.76. The number of carbonyl (C=O) groups is 3. The number of anilines is 1. The Labute approximate surface area is 169 Å². The molecule has 30 heavy (non-hydrogen) atoms. The predicted octanol–water partition coefficient (Wildman–Crippen LogP) is 2.14. The smallest absolute Gasteiger partial charge is 0.325 e. The molecule has 1 atom stereocenters. The number of carbonyl (C=O) groups excluding carboxylic acids is 3. The van der Waals surface area contributed by atoms with Crippen molar-refractivity contribution >= 4 is 23.5 Å². The molecule has 1 saturated heterocycles. The fourth-order valence-corrected chi connectivity index (χ4v) is 3.33. The van der Waals surface area contributed by atoms with E-state index in [1.54, 1.807) is 18.2 Å². The zero-order valence-corrected chi connectivity index (χ0v) is 15.8. The molecule has 10 heteroatoms. The molecule has 4 rings (SSSR count). The monoisotopic (exact) mass is 417 g/mol. The summed E-state index contributed by atoms with van der Waals surface area (Å²) in [6, 6.07) is 7.13. The summed E-state index contributed by atoms with van der Waals surface area (Å²) in [7, 11) is 0. The van der Waals surface area contributed by atoms with Crippen molar-refractivity contribution in [2.45, 2.75) is 12.5 Å². The maximum absolute atomic E-state index is 13.7. The minimum absolute atomic E-state index is 0.354. The number of hydrogen-bond donors (Lipinski definition) is 2. The topological polar surface area (TPSA) is 97.0 Å². The molecule has 0 spiro atoms. The van der Waals surface area contributed by atoms with E-state index in [-0.39, 0.29) is 0 Å². The second kappa shape index (κ2) is 7.29. The lowest BCUT2D eigenvalue weighted by atomic mass is 9.91. The Balaban J connectivity index is 1.53. The first-order valence-electron chi connectivity index (χ1n) is 9.07. The van der Waals surface area contributed by atoms with Crippen LogP contribution in [-0.2, 0) is 15.1 Å². The quantitative estimate of drug-likeness (QED) is 0.743. The minimum atomic E-state index is -1.45. The second-order valence-corrected chi connectivity index (χ2v) is 6.95. The maximum Gasteiger partial charge on any atom is 0.325 e. The first-order valence-corrected chi connectivity index (χ1v) is 9.07. The molecule has 2 aliphatic heterocycles. The first-order chi connectivity index (χ1) is 14.3. The van der Waals surface area contributed by atoms with Crippen LogP contribution in [0.2, 0.25) is 0 Å². The van der Waals surface area contributed by atoms with Gasteiger partial charge in [0, 0.05) is 0 Å². The number of halogens is 2. The van der Waals surface area contributed by atoms with Crippen LogP contribution in [0.1, 0.15) is 12.5 Å². The van der Waals surface area contributed by atoms with Gasteiger partial charge < -0.3 is 20.1 Å². The van der Waals surface area contributed by atoms with Crippen LogP contribution in [0.4, 0.5) is 19.3 Å². The molecule has 0 radical (unpaired) electrons. The van der Waals surface area contributed by atoms with Gasteiger partial charge in [-0.3, -0.25) is 14.5 Å². The maximum atomic E-state index is 13.7. The Morgan fingerprint density at radius 2 is 1.80 bits per heavy atom. The molecule has 8 nitrogen and oxygen atoms in total. The number of fused-ring (bicyclic) bond motifs is 1. The van der Waals surface area contributed by atoms with Gasteiger partial charge in [0.25, 0.3) is 5.91 Å². The predicted molar refractivity (Wildman–Crippen MR) is 100 cm³/mol. The number of rotatable bonds is 4. The largest absolute Gasteiger partial charge is 0.486 e. The van der Waals surface area contributed by atoms with Crippen molar-refractivity contribution in [3.8, 4) is 11.5 Å². The molecule has 1 fully saturated rings. The molecule has 2 heterocycles. The van der Waals surface area contributed by atoms with Gasteiger partial charge in [-0.05, 0) is 36.8 Å². The standard InChI is InChI=1S/C20H17F2N3O5/c1-20(11-5-6-14-15(9-11)30-8-7-29-14)18(27)25(19(28)24-20)10-16(26)23-17-12(21)3-2-4-13(17)22/h2-6,9H,7-8,10H2,1H3,(H,23,26)(H,24,28)/t20-/m1/s1. The fraction of sp³-hybridized carbons (Fsp3) is 0.250. The van der Waals surface area contributed by atoms with E-state index in [1.807, 2.05) is 0 Å². The summed E-state index contributed by atoms with van der Waals surface area (Å²) in [4.78, 5) is 38.3. The van der Waals surface area contributed by atoms with Gasteiger partial charge >= 0.3 is 6.03 Å². The summed E-state index contributed by atoms with van der Waals surface area (Å²) >= 11 is 0. The third-order valence-electron chi connectivity index (χ3n) is 4.92. The van der Waals surface area contributed by atoms with Crippen LogP contribution in [-0.4, -0.2) is 42.5 Å². The van der Waals surface area contributed by atoms with Crippen LogP contribution in [0, 0.1) is 11.6 Å². The van der Waals surface area contributed by atoms with E-state index in [9.17, 15) is 23.2 Å². The summed E-state index contributed by atoms with van der Waals surface area (Å²) in [5.74, 6) is -2.59. The fourth-order valence-electron chi connectivity index (χ4n) is 3.33. The van der Waals surface area contributed by atoms with Crippen LogP contribution in [0.15, 0.2) is 36.4 Å². The molecule has 2 N–H and O–H groups in total. The third kappa shape index (κ3) is 3.30. The molecule has 0 saturated carbocycles. The third-order valence-corrected chi connectivity index (χ3v) is 4.92. The molecule has 4 amide bonds. The van der Waals surface area contributed by atoms with Gasteiger partial charge in [0.1, 0.15) is 42.6 Å². The van der Waals surface area contributed by atoms with Crippen molar-refractivity contribution in [2.24, 2.45) is 0 Å². The van der Waals surface area contributed by atoms with Crippen LogP contribution in [0.5, 0.6) is 11.5 Å². The highest BCUT2D eigenvalue weighted by atomic mass is 19.1. The van der Waals surface area contributed by atoms with Gasteiger partial charge in [0.15, 0.2) is 11.5 Å². The number of imide groups is 1. The lowest BCUT2D eigenvalue weighted by Crippen LogP contribution is -2.42. The summed E-state index contributed by atoms with van der Waals surface area (Å²) in [5, 5.41) is 4.61. The highest BCUT2D eigenvalue weighted by molar-refractivity contribution is 6.10. The Bertz CT molecular complexity index is 1040. The number of urea groups is 1. The van der Waals surface area contributed by atoms with E-state index in [0.717, 1.165) is 18.2 Å². The van der Waals surface area contributed by atoms with Gasteiger partial charge in [-0.1, -0.05) is 12.1 Å². The molecule has 2 aromatic rings. The molecule has 2 aromatic carbocycles. The van der Waals surface area contributed by atoms with Crippen molar-refractivity contribution in [3.63, 3.8) is 0 Å². The SMILES string of the molecule is C[C@]1(c2ccc3c(c2)OCCO3)NC(=O)N(CC(=O)Nc2c(F)cccc2F)C1=O. The van der Waals surface area contributed by atoms with Gasteiger partial charge in [0.2, 0.25) is 5.91 Å². The van der Waals surface area contributed by atoms with Gasteiger partial charge in [-0.2, -0.15) is 0 Å². The Hall–Kier alpha value is -3.69. The Morgan fingerprint density at radius 1 is 1.13 bits per heavy atom. The van der Waals surface area contributed by atoms with Crippen molar-refractivity contribution in [3.05, 3.63) is 53.6 Å². The number of ether oxygens (including phenoxy) is 2. The van der Waals surface area contributed by atoms with Crippen LogP contribution in [0.3, 0.4) is 0 Å². The van der Waals surface area contributed by atoms with Crippen molar-refractivity contribution in [2.75, 3.05) is 25.1 Å². The molecular formula is C20H17F2N3O5. The lowest BCUT2D eigenvalue weighted by molar-refractivity contribution is -0.133. The number of benzene rings is 2. The highest BCUT2D eigenvalue weighted by Gasteiger charge is 2.49. The van der Waals surface area contributed by atoms with E-state index >= 15 is 0 Å². The number of nitrogens with one attached hydrogen (secondary N) is 2. The number of amides is 4. The van der Waals surface area contributed by atoms with Crippen molar-refractivity contribution < 1.29 is 32.6 Å². The van der Waals surface area contributed by atoms with Crippen LogP contribution >= 0.6 is 0 Å². The zero-order valence-electron chi connectivity index (χ0n) is 15.8. The van der Waals surface area contributed by atoms with Crippen LogP contribution in [0.25, 0.3) is 0 Å². The highest BCUT2D eigenvalue weighted by Crippen LogP contribution is 2.36. The summed E-state index contributed by atoms with van der Waals surface area (Å²) in [6.45, 7) is 1.54. The summed E-state index contributed by atoms with van der Waals surface area (Å²) < 4.78 is 38.4. The van der Waals surface area contributed by atoms with E-state index in [2.05, 4.69) is 10.6 Å². The number of hydrogen-bond acceptors (Lipinski definition) is 5. The molecular weight excluding hydrogens is 400 g/mol. The second-order valence-electron chi connectivity index (χ2n) is 6.95. The van der Waals surface area contributed by atoms with Gasteiger partial charge in [0.05, 0.1) is 0 Å². The van der Waals surface area contributed by atoms with E-state index < -0.39 is 47.3 Å². The average Bonchev–Trinajstić information content (AvgIpc) is 2.94. The molecule has 0 bridgehead atoms. The molecule has 156 valence electrons. The summed E-state index contributed by atoms with van der Waals surface area (Å²) in [6.07, 6.45) is 0. The number of para-hydroxylation sites is 1. The minimum Gasteiger partial charge on any atom is -0.486 e. The van der Waals surface area contributed by atoms with Crippen molar-refractivity contribution in [1.29, 1.82) is 0 Å².